The van der Waals surface area contributed by atoms with Gasteiger partial charge in [-0.15, -0.1) is 0 Å². The molecular weight excluding hydrogens is 265 g/mol. The number of hydrogen-bond donors (Lipinski definition) is 1. The Labute approximate surface area is 113 Å². The van der Waals surface area contributed by atoms with Crippen molar-refractivity contribution < 1.29 is 14.1 Å². The molecule has 1 amide bonds. The van der Waals surface area contributed by atoms with Crippen LogP contribution in [0.25, 0.3) is 0 Å². The average molecular weight is 275 g/mol. The molecular formula is C13H10FN3O3. The third-order valence-corrected chi connectivity index (χ3v) is 2.58. The number of pyridine rings is 1. The van der Waals surface area contributed by atoms with Gasteiger partial charge in [-0.05, 0) is 23.8 Å². The van der Waals surface area contributed by atoms with Crippen LogP contribution in [-0.2, 0) is 6.54 Å². The highest BCUT2D eigenvalue weighted by atomic mass is 19.1. The Bertz CT molecular complexity index is 647. The van der Waals surface area contributed by atoms with Crippen LogP contribution in [0.15, 0.2) is 42.7 Å². The first-order valence-corrected chi connectivity index (χ1v) is 5.69. The van der Waals surface area contributed by atoms with Crippen molar-refractivity contribution in [3.05, 3.63) is 69.8 Å². The first-order valence-electron chi connectivity index (χ1n) is 5.69. The molecule has 0 saturated carbocycles. The molecule has 0 spiro atoms. The van der Waals surface area contributed by atoms with Gasteiger partial charge in [0.25, 0.3) is 11.6 Å². The normalized spacial score (nSPS) is 10.1. The minimum absolute atomic E-state index is 0.180. The number of nitro benzene ring substituents is 1. The lowest BCUT2D eigenvalue weighted by atomic mass is 10.1. The quantitative estimate of drug-likeness (QED) is 0.683. The van der Waals surface area contributed by atoms with E-state index in [2.05, 4.69) is 10.3 Å². The summed E-state index contributed by atoms with van der Waals surface area (Å²) in [7, 11) is 0. The molecule has 102 valence electrons. The van der Waals surface area contributed by atoms with Crippen molar-refractivity contribution in [3.63, 3.8) is 0 Å². The Kier molecular flexibility index (Phi) is 3.99. The third-order valence-electron chi connectivity index (χ3n) is 2.58. The van der Waals surface area contributed by atoms with E-state index in [0.29, 0.717) is 0 Å². The summed E-state index contributed by atoms with van der Waals surface area (Å²) in [5, 5.41) is 13.3. The van der Waals surface area contributed by atoms with E-state index in [0.717, 1.165) is 23.8 Å². The molecule has 1 N–H and O–H groups in total. The minimum atomic E-state index is -0.790. The second kappa shape index (κ2) is 5.87. The summed E-state index contributed by atoms with van der Waals surface area (Å²) in [4.78, 5) is 25.8. The number of halogens is 1. The fourth-order valence-corrected chi connectivity index (χ4v) is 1.63. The lowest BCUT2D eigenvalue weighted by Crippen LogP contribution is -2.23. The first-order chi connectivity index (χ1) is 9.58. The standard InChI is InChI=1S/C13H10FN3O3/c14-10-3-4-11(12(6-10)17(19)20)13(18)16-8-9-2-1-5-15-7-9/h1-7H,8H2,(H,16,18). The Hall–Kier alpha value is -2.83. The first kappa shape index (κ1) is 13.6. The molecule has 0 aliphatic heterocycles. The molecule has 0 unspecified atom stereocenters. The maximum absolute atomic E-state index is 13.0. The maximum Gasteiger partial charge on any atom is 0.285 e. The summed E-state index contributed by atoms with van der Waals surface area (Å²) in [5.41, 5.74) is 0.0135. The summed E-state index contributed by atoms with van der Waals surface area (Å²) in [6.07, 6.45) is 3.16. The highest BCUT2D eigenvalue weighted by Crippen LogP contribution is 2.19. The van der Waals surface area contributed by atoms with Crippen molar-refractivity contribution in [2.24, 2.45) is 0 Å². The molecule has 0 aliphatic carbocycles. The number of nitrogens with one attached hydrogen (secondary N) is 1. The number of nitro groups is 1. The van der Waals surface area contributed by atoms with E-state index in [-0.39, 0.29) is 12.1 Å². The van der Waals surface area contributed by atoms with Gasteiger partial charge in [-0.2, -0.15) is 0 Å². The van der Waals surface area contributed by atoms with Gasteiger partial charge in [-0.1, -0.05) is 6.07 Å². The molecule has 1 aromatic carbocycles. The fourth-order valence-electron chi connectivity index (χ4n) is 1.63. The predicted molar refractivity (Wildman–Crippen MR) is 68.5 cm³/mol. The van der Waals surface area contributed by atoms with Gasteiger partial charge in [0.2, 0.25) is 0 Å². The fraction of sp³-hybridized carbons (Fsp3) is 0.0769. The van der Waals surface area contributed by atoms with E-state index < -0.39 is 22.3 Å². The molecule has 2 rings (SSSR count). The number of benzene rings is 1. The second-order valence-corrected chi connectivity index (χ2v) is 3.96. The molecule has 2 aromatic rings. The van der Waals surface area contributed by atoms with E-state index in [4.69, 9.17) is 0 Å². The van der Waals surface area contributed by atoms with Crippen LogP contribution in [0.4, 0.5) is 10.1 Å². The number of aromatic nitrogens is 1. The molecule has 0 bridgehead atoms. The van der Waals surface area contributed by atoms with Crippen LogP contribution < -0.4 is 5.32 Å². The number of nitrogens with zero attached hydrogens (tertiary/aromatic N) is 2. The number of hydrogen-bond acceptors (Lipinski definition) is 4. The zero-order valence-electron chi connectivity index (χ0n) is 10.2. The topological polar surface area (TPSA) is 85.1 Å². The summed E-state index contributed by atoms with van der Waals surface area (Å²) < 4.78 is 13.0. The SMILES string of the molecule is O=C(NCc1cccnc1)c1ccc(F)cc1[N+](=O)[O-]. The summed E-state index contributed by atoms with van der Waals surface area (Å²) >= 11 is 0. The van der Waals surface area contributed by atoms with Crippen molar-refractivity contribution >= 4 is 11.6 Å². The number of rotatable bonds is 4. The summed E-state index contributed by atoms with van der Waals surface area (Å²) in [5.74, 6) is -1.40. The molecule has 6 nitrogen and oxygen atoms in total. The van der Waals surface area contributed by atoms with Crippen LogP contribution in [0.1, 0.15) is 15.9 Å². The third kappa shape index (κ3) is 3.14. The van der Waals surface area contributed by atoms with E-state index in [1.165, 1.54) is 0 Å². The van der Waals surface area contributed by atoms with Crippen LogP contribution in [0.2, 0.25) is 0 Å². The Morgan fingerprint density at radius 1 is 1.40 bits per heavy atom. The molecule has 20 heavy (non-hydrogen) atoms. The highest BCUT2D eigenvalue weighted by molar-refractivity contribution is 5.98. The van der Waals surface area contributed by atoms with Gasteiger partial charge in [-0.25, -0.2) is 4.39 Å². The molecule has 1 heterocycles. The number of carbonyl (C=O) groups excluding carboxylic acids is 1. The van der Waals surface area contributed by atoms with Gasteiger partial charge in [-0.3, -0.25) is 19.9 Å². The minimum Gasteiger partial charge on any atom is -0.348 e. The van der Waals surface area contributed by atoms with Crippen LogP contribution >= 0.6 is 0 Å². The molecule has 7 heteroatoms. The second-order valence-electron chi connectivity index (χ2n) is 3.96. The van der Waals surface area contributed by atoms with E-state index in [1.54, 1.807) is 24.5 Å². The van der Waals surface area contributed by atoms with Crippen LogP contribution in [0.5, 0.6) is 0 Å². The van der Waals surface area contributed by atoms with Crippen molar-refractivity contribution in [2.45, 2.75) is 6.54 Å². The van der Waals surface area contributed by atoms with Crippen LogP contribution in [0.3, 0.4) is 0 Å². The average Bonchev–Trinajstić information content (AvgIpc) is 2.45. The molecule has 0 saturated heterocycles. The zero-order valence-corrected chi connectivity index (χ0v) is 10.2. The Morgan fingerprint density at radius 2 is 2.20 bits per heavy atom. The molecule has 1 aromatic heterocycles. The molecule has 0 atom stereocenters. The van der Waals surface area contributed by atoms with E-state index in [9.17, 15) is 19.3 Å². The Morgan fingerprint density at radius 3 is 2.85 bits per heavy atom. The molecule has 0 fully saturated rings. The Balaban J connectivity index is 2.15. The van der Waals surface area contributed by atoms with Gasteiger partial charge in [0.05, 0.1) is 11.0 Å². The number of carbonyl (C=O) groups is 1. The lowest BCUT2D eigenvalue weighted by molar-refractivity contribution is -0.385. The smallest absolute Gasteiger partial charge is 0.285 e. The predicted octanol–water partition coefficient (Wildman–Crippen LogP) is 2.06. The van der Waals surface area contributed by atoms with Gasteiger partial charge in [0, 0.05) is 18.9 Å². The van der Waals surface area contributed by atoms with Crippen molar-refractivity contribution in [1.29, 1.82) is 0 Å². The monoisotopic (exact) mass is 275 g/mol. The molecule has 0 aliphatic rings. The zero-order chi connectivity index (χ0) is 14.5. The lowest BCUT2D eigenvalue weighted by Gasteiger charge is -2.05. The highest BCUT2D eigenvalue weighted by Gasteiger charge is 2.20. The largest absolute Gasteiger partial charge is 0.348 e. The maximum atomic E-state index is 13.0. The summed E-state index contributed by atoms with van der Waals surface area (Å²) in [6.45, 7) is 0.182. The van der Waals surface area contributed by atoms with Gasteiger partial charge >= 0.3 is 0 Å². The summed E-state index contributed by atoms with van der Waals surface area (Å²) in [6, 6.07) is 6.28. The van der Waals surface area contributed by atoms with Crippen LogP contribution in [-0.4, -0.2) is 15.8 Å². The van der Waals surface area contributed by atoms with Gasteiger partial charge < -0.3 is 5.32 Å². The van der Waals surface area contributed by atoms with Gasteiger partial charge in [0.1, 0.15) is 11.4 Å². The van der Waals surface area contributed by atoms with Crippen molar-refractivity contribution in [3.8, 4) is 0 Å². The van der Waals surface area contributed by atoms with Crippen molar-refractivity contribution in [1.82, 2.24) is 10.3 Å². The number of amides is 1. The van der Waals surface area contributed by atoms with Crippen LogP contribution in [0, 0.1) is 15.9 Å². The van der Waals surface area contributed by atoms with Crippen molar-refractivity contribution in [2.75, 3.05) is 0 Å². The van der Waals surface area contributed by atoms with E-state index >= 15 is 0 Å². The van der Waals surface area contributed by atoms with Gasteiger partial charge in [0.15, 0.2) is 0 Å². The van der Waals surface area contributed by atoms with E-state index in [1.807, 2.05) is 0 Å². The molecule has 0 radical (unpaired) electrons.